The predicted octanol–water partition coefficient (Wildman–Crippen LogP) is 3.45. The van der Waals surface area contributed by atoms with Gasteiger partial charge in [0.25, 0.3) is 5.91 Å². The standard InChI is InChI=1S/C17H22ClN3O2/c1-6-21-12(3)15(11(2)19-21)10-20(4)17(22)14-9-13(18)7-8-16(14)23-5/h7-9H,6,10H2,1-5H3. The van der Waals surface area contributed by atoms with E-state index in [9.17, 15) is 4.79 Å². The van der Waals surface area contributed by atoms with Crippen molar-refractivity contribution in [1.82, 2.24) is 14.7 Å². The first-order valence-electron chi connectivity index (χ1n) is 7.50. The third-order valence-corrected chi connectivity index (χ3v) is 4.20. The summed E-state index contributed by atoms with van der Waals surface area (Å²) < 4.78 is 7.22. The summed E-state index contributed by atoms with van der Waals surface area (Å²) in [5.41, 5.74) is 3.56. The number of hydrogen-bond acceptors (Lipinski definition) is 3. The molecule has 0 saturated carbocycles. The largest absolute Gasteiger partial charge is 0.496 e. The minimum absolute atomic E-state index is 0.132. The predicted molar refractivity (Wildman–Crippen MR) is 91.2 cm³/mol. The van der Waals surface area contributed by atoms with Gasteiger partial charge in [-0.1, -0.05) is 11.6 Å². The number of rotatable bonds is 5. The molecule has 0 aliphatic carbocycles. The average molecular weight is 336 g/mol. The van der Waals surface area contributed by atoms with Crippen molar-refractivity contribution in [2.75, 3.05) is 14.2 Å². The summed E-state index contributed by atoms with van der Waals surface area (Å²) in [5, 5.41) is 5.00. The van der Waals surface area contributed by atoms with Crippen LogP contribution in [0.4, 0.5) is 0 Å². The number of amides is 1. The molecule has 0 N–H and O–H groups in total. The highest BCUT2D eigenvalue weighted by atomic mass is 35.5. The van der Waals surface area contributed by atoms with Gasteiger partial charge in [-0.3, -0.25) is 9.48 Å². The van der Waals surface area contributed by atoms with E-state index in [0.717, 1.165) is 23.5 Å². The van der Waals surface area contributed by atoms with Gasteiger partial charge in [0.1, 0.15) is 5.75 Å². The number of methoxy groups -OCH3 is 1. The first-order valence-corrected chi connectivity index (χ1v) is 7.88. The Kier molecular flexibility index (Phi) is 5.31. The fraction of sp³-hybridized carbons (Fsp3) is 0.412. The second kappa shape index (κ2) is 7.04. The lowest BCUT2D eigenvalue weighted by atomic mass is 10.1. The first kappa shape index (κ1) is 17.3. The molecule has 0 saturated heterocycles. The molecule has 0 aliphatic rings. The molecule has 1 heterocycles. The Morgan fingerprint density at radius 2 is 2.09 bits per heavy atom. The van der Waals surface area contributed by atoms with E-state index < -0.39 is 0 Å². The quantitative estimate of drug-likeness (QED) is 0.840. The molecule has 6 heteroatoms. The molecule has 1 aromatic carbocycles. The zero-order valence-corrected chi connectivity index (χ0v) is 14.9. The maximum Gasteiger partial charge on any atom is 0.257 e. The van der Waals surface area contributed by atoms with Crippen LogP contribution in [0.1, 0.15) is 34.2 Å². The summed E-state index contributed by atoms with van der Waals surface area (Å²) >= 11 is 6.02. The number of hydrogen-bond donors (Lipinski definition) is 0. The minimum atomic E-state index is -0.132. The highest BCUT2D eigenvalue weighted by Crippen LogP contribution is 2.25. The van der Waals surface area contributed by atoms with Gasteiger partial charge in [0.05, 0.1) is 18.4 Å². The number of ether oxygens (including phenoxy) is 1. The first-order chi connectivity index (χ1) is 10.9. The highest BCUT2D eigenvalue weighted by Gasteiger charge is 2.20. The third kappa shape index (κ3) is 3.50. The molecule has 0 radical (unpaired) electrons. The van der Waals surface area contributed by atoms with Crippen LogP contribution >= 0.6 is 11.6 Å². The van der Waals surface area contributed by atoms with Crippen LogP contribution < -0.4 is 4.74 Å². The lowest BCUT2D eigenvalue weighted by molar-refractivity contribution is 0.0781. The molecular weight excluding hydrogens is 314 g/mol. The van der Waals surface area contributed by atoms with Gasteiger partial charge in [-0.15, -0.1) is 0 Å². The van der Waals surface area contributed by atoms with Crippen LogP contribution in [-0.2, 0) is 13.1 Å². The smallest absolute Gasteiger partial charge is 0.257 e. The molecule has 1 amide bonds. The van der Waals surface area contributed by atoms with Crippen molar-refractivity contribution in [2.45, 2.75) is 33.9 Å². The van der Waals surface area contributed by atoms with E-state index in [1.165, 1.54) is 0 Å². The summed E-state index contributed by atoms with van der Waals surface area (Å²) in [4.78, 5) is 14.4. The Hall–Kier alpha value is -2.01. The Morgan fingerprint density at radius 3 is 2.65 bits per heavy atom. The van der Waals surface area contributed by atoms with Gasteiger partial charge in [-0.05, 0) is 39.0 Å². The highest BCUT2D eigenvalue weighted by molar-refractivity contribution is 6.31. The average Bonchev–Trinajstić information content (AvgIpc) is 2.81. The van der Waals surface area contributed by atoms with Crippen LogP contribution in [-0.4, -0.2) is 34.7 Å². The van der Waals surface area contributed by atoms with Crippen molar-refractivity contribution in [3.8, 4) is 5.75 Å². The van der Waals surface area contributed by atoms with Crippen molar-refractivity contribution >= 4 is 17.5 Å². The van der Waals surface area contributed by atoms with E-state index in [1.54, 1.807) is 37.3 Å². The molecule has 0 atom stereocenters. The summed E-state index contributed by atoms with van der Waals surface area (Å²) in [5.74, 6) is 0.386. The van der Waals surface area contributed by atoms with Crippen LogP contribution in [0.3, 0.4) is 0 Å². The van der Waals surface area contributed by atoms with Gasteiger partial charge in [-0.2, -0.15) is 5.10 Å². The number of benzene rings is 1. The summed E-state index contributed by atoms with van der Waals surface area (Å²) in [6.45, 7) is 7.34. The number of aryl methyl sites for hydroxylation is 2. The van der Waals surface area contributed by atoms with Gasteiger partial charge >= 0.3 is 0 Å². The van der Waals surface area contributed by atoms with Crippen molar-refractivity contribution in [1.29, 1.82) is 0 Å². The summed E-state index contributed by atoms with van der Waals surface area (Å²) in [6.07, 6.45) is 0. The molecule has 5 nitrogen and oxygen atoms in total. The van der Waals surface area contributed by atoms with Crippen LogP contribution in [0, 0.1) is 13.8 Å². The van der Waals surface area contributed by atoms with Crippen molar-refractivity contribution < 1.29 is 9.53 Å². The van der Waals surface area contributed by atoms with Gasteiger partial charge in [0, 0.05) is 36.4 Å². The molecule has 0 fully saturated rings. The Bertz CT molecular complexity index is 725. The summed E-state index contributed by atoms with van der Waals surface area (Å²) in [6, 6.07) is 5.04. The molecular formula is C17H22ClN3O2. The zero-order valence-electron chi connectivity index (χ0n) is 14.2. The Morgan fingerprint density at radius 1 is 1.39 bits per heavy atom. The molecule has 1 aromatic heterocycles. The SMILES string of the molecule is CCn1nc(C)c(CN(C)C(=O)c2cc(Cl)ccc2OC)c1C. The number of carbonyl (C=O) groups excluding carboxylic acids is 1. The topological polar surface area (TPSA) is 47.4 Å². The van der Waals surface area contributed by atoms with Crippen LogP contribution in [0.25, 0.3) is 0 Å². The van der Waals surface area contributed by atoms with Crippen LogP contribution in [0.2, 0.25) is 5.02 Å². The summed E-state index contributed by atoms with van der Waals surface area (Å²) in [7, 11) is 3.31. The van der Waals surface area contributed by atoms with E-state index in [0.29, 0.717) is 22.9 Å². The second-order valence-corrected chi connectivity index (χ2v) is 5.91. The normalized spacial score (nSPS) is 10.7. The van der Waals surface area contributed by atoms with Crippen molar-refractivity contribution in [2.24, 2.45) is 0 Å². The van der Waals surface area contributed by atoms with Crippen molar-refractivity contribution in [3.63, 3.8) is 0 Å². The van der Waals surface area contributed by atoms with Crippen LogP contribution in [0.5, 0.6) is 5.75 Å². The minimum Gasteiger partial charge on any atom is -0.496 e. The third-order valence-electron chi connectivity index (χ3n) is 3.96. The van der Waals surface area contributed by atoms with Gasteiger partial charge < -0.3 is 9.64 Å². The number of halogens is 1. The van der Waals surface area contributed by atoms with Gasteiger partial charge in [0.15, 0.2) is 0 Å². The monoisotopic (exact) mass is 335 g/mol. The number of carbonyl (C=O) groups is 1. The molecule has 0 unspecified atom stereocenters. The molecule has 0 bridgehead atoms. The maximum absolute atomic E-state index is 12.7. The van der Waals surface area contributed by atoms with E-state index in [4.69, 9.17) is 16.3 Å². The lowest BCUT2D eigenvalue weighted by Crippen LogP contribution is -2.27. The molecule has 23 heavy (non-hydrogen) atoms. The fourth-order valence-corrected chi connectivity index (χ4v) is 2.80. The van der Waals surface area contributed by atoms with E-state index in [-0.39, 0.29) is 5.91 Å². The molecule has 0 aliphatic heterocycles. The number of nitrogens with zero attached hydrogens (tertiary/aromatic N) is 3. The van der Waals surface area contributed by atoms with Gasteiger partial charge in [-0.25, -0.2) is 0 Å². The molecule has 2 rings (SSSR count). The molecule has 2 aromatic rings. The van der Waals surface area contributed by atoms with E-state index in [2.05, 4.69) is 12.0 Å². The van der Waals surface area contributed by atoms with Gasteiger partial charge in [0.2, 0.25) is 0 Å². The van der Waals surface area contributed by atoms with E-state index >= 15 is 0 Å². The molecule has 0 spiro atoms. The fourth-order valence-electron chi connectivity index (χ4n) is 2.63. The Balaban J connectivity index is 2.28. The van der Waals surface area contributed by atoms with E-state index in [1.807, 2.05) is 18.5 Å². The lowest BCUT2D eigenvalue weighted by Gasteiger charge is -2.19. The zero-order chi connectivity index (χ0) is 17.1. The van der Waals surface area contributed by atoms with Crippen LogP contribution in [0.15, 0.2) is 18.2 Å². The maximum atomic E-state index is 12.7. The van der Waals surface area contributed by atoms with Crippen molar-refractivity contribution in [3.05, 3.63) is 45.7 Å². The number of aromatic nitrogens is 2. The Labute approximate surface area is 141 Å². The molecule has 124 valence electrons. The second-order valence-electron chi connectivity index (χ2n) is 5.47.